The molecule has 1 heterocycles. The zero-order valence-corrected chi connectivity index (χ0v) is 14.6. The number of thioether (sulfide) groups is 1. The van der Waals surface area contributed by atoms with Crippen molar-refractivity contribution < 1.29 is 14.0 Å². The van der Waals surface area contributed by atoms with Crippen molar-refractivity contribution in [2.75, 3.05) is 5.75 Å². The number of benzene rings is 2. The van der Waals surface area contributed by atoms with E-state index < -0.39 is 11.7 Å². The van der Waals surface area contributed by atoms with Crippen molar-refractivity contribution in [3.8, 4) is 0 Å². The summed E-state index contributed by atoms with van der Waals surface area (Å²) >= 11 is 3.02. The van der Waals surface area contributed by atoms with Gasteiger partial charge in [0, 0.05) is 11.3 Å². The maximum absolute atomic E-state index is 12.8. The topological polar surface area (TPSA) is 71.1 Å². The lowest BCUT2D eigenvalue weighted by Gasteiger charge is -2.07. The summed E-state index contributed by atoms with van der Waals surface area (Å²) in [5, 5.41) is 0.953. The summed E-state index contributed by atoms with van der Waals surface area (Å²) in [6, 6.07) is 12.9. The Morgan fingerprint density at radius 1 is 1.08 bits per heavy atom. The Balaban J connectivity index is 1.42. The molecular formula is C17H14FN3O2S2. The van der Waals surface area contributed by atoms with Gasteiger partial charge in [-0.3, -0.25) is 20.4 Å². The lowest BCUT2D eigenvalue weighted by atomic mass is 10.2. The molecule has 0 radical (unpaired) electrons. The highest BCUT2D eigenvalue weighted by atomic mass is 32.2. The third kappa shape index (κ3) is 4.77. The van der Waals surface area contributed by atoms with E-state index in [0.717, 1.165) is 15.2 Å². The minimum absolute atomic E-state index is 0.194. The van der Waals surface area contributed by atoms with Crippen molar-refractivity contribution >= 4 is 45.1 Å². The highest BCUT2D eigenvalue weighted by Crippen LogP contribution is 2.24. The van der Waals surface area contributed by atoms with Crippen LogP contribution in [-0.2, 0) is 10.5 Å². The van der Waals surface area contributed by atoms with Crippen molar-refractivity contribution in [1.82, 2.24) is 15.8 Å². The molecule has 3 rings (SSSR count). The van der Waals surface area contributed by atoms with Crippen molar-refractivity contribution in [3.63, 3.8) is 0 Å². The number of rotatable bonds is 5. The SMILES string of the molecule is O=C(CSCc1nc2ccccc2s1)NNC(=O)c1ccc(F)cc1. The minimum atomic E-state index is -0.496. The summed E-state index contributed by atoms with van der Waals surface area (Å²) in [5.41, 5.74) is 5.86. The van der Waals surface area contributed by atoms with Gasteiger partial charge >= 0.3 is 0 Å². The normalized spacial score (nSPS) is 10.6. The monoisotopic (exact) mass is 375 g/mol. The zero-order valence-electron chi connectivity index (χ0n) is 13.0. The second-order valence-electron chi connectivity index (χ2n) is 5.08. The summed E-state index contributed by atoms with van der Waals surface area (Å²) < 4.78 is 13.9. The molecule has 0 saturated carbocycles. The molecule has 0 bridgehead atoms. The van der Waals surface area contributed by atoms with E-state index in [4.69, 9.17) is 0 Å². The van der Waals surface area contributed by atoms with Gasteiger partial charge in [0.2, 0.25) is 5.91 Å². The van der Waals surface area contributed by atoms with Crippen molar-refractivity contribution in [2.24, 2.45) is 0 Å². The van der Waals surface area contributed by atoms with Gasteiger partial charge in [0.05, 0.1) is 16.0 Å². The first-order valence-electron chi connectivity index (χ1n) is 7.39. The number of nitrogens with one attached hydrogen (secondary N) is 2. The Morgan fingerprint density at radius 3 is 2.60 bits per heavy atom. The molecule has 3 aromatic rings. The number of fused-ring (bicyclic) bond motifs is 1. The van der Waals surface area contributed by atoms with Crippen LogP contribution in [0.25, 0.3) is 10.2 Å². The maximum atomic E-state index is 12.8. The second kappa shape index (κ2) is 8.09. The molecule has 0 unspecified atom stereocenters. The van der Waals surface area contributed by atoms with Crippen molar-refractivity contribution in [3.05, 3.63) is 64.9 Å². The first kappa shape index (κ1) is 17.4. The van der Waals surface area contributed by atoms with Crippen LogP contribution in [0.3, 0.4) is 0 Å². The number of para-hydroxylation sites is 1. The fourth-order valence-electron chi connectivity index (χ4n) is 2.05. The van der Waals surface area contributed by atoms with Gasteiger partial charge in [-0.1, -0.05) is 12.1 Å². The summed E-state index contributed by atoms with van der Waals surface area (Å²) in [4.78, 5) is 28.1. The number of halogens is 1. The predicted molar refractivity (Wildman–Crippen MR) is 97.8 cm³/mol. The van der Waals surface area contributed by atoms with Crippen LogP contribution in [0.5, 0.6) is 0 Å². The third-order valence-electron chi connectivity index (χ3n) is 3.22. The number of carbonyl (C=O) groups excluding carboxylic acids is 2. The number of hydrazine groups is 1. The van der Waals surface area contributed by atoms with E-state index in [0.29, 0.717) is 5.75 Å². The van der Waals surface area contributed by atoms with Gasteiger partial charge in [0.15, 0.2) is 0 Å². The summed E-state index contributed by atoms with van der Waals surface area (Å²) in [5.74, 6) is -0.420. The Bertz CT molecular complexity index is 863. The Morgan fingerprint density at radius 2 is 1.84 bits per heavy atom. The van der Waals surface area contributed by atoms with Crippen LogP contribution in [-0.4, -0.2) is 22.6 Å². The standard InChI is InChI=1S/C17H14FN3O2S2/c18-12-7-5-11(6-8-12)17(23)21-20-15(22)9-24-10-16-19-13-3-1-2-4-14(13)25-16/h1-8H,9-10H2,(H,20,22)(H,21,23). The van der Waals surface area contributed by atoms with E-state index in [9.17, 15) is 14.0 Å². The zero-order chi connectivity index (χ0) is 17.6. The van der Waals surface area contributed by atoms with Crippen LogP contribution >= 0.6 is 23.1 Å². The van der Waals surface area contributed by atoms with Crippen LogP contribution in [0.2, 0.25) is 0 Å². The largest absolute Gasteiger partial charge is 0.272 e. The first-order valence-corrected chi connectivity index (χ1v) is 9.36. The van der Waals surface area contributed by atoms with Gasteiger partial charge in [-0.05, 0) is 36.4 Å². The number of hydrogen-bond donors (Lipinski definition) is 2. The third-order valence-corrected chi connectivity index (χ3v) is 5.38. The van der Waals surface area contributed by atoms with E-state index >= 15 is 0 Å². The number of nitrogens with zero attached hydrogens (tertiary/aromatic N) is 1. The fourth-order valence-corrected chi connectivity index (χ4v) is 3.90. The fraction of sp³-hybridized carbons (Fsp3) is 0.118. The molecule has 0 aliphatic rings. The van der Waals surface area contributed by atoms with E-state index in [1.54, 1.807) is 11.3 Å². The molecule has 2 amide bonds. The van der Waals surface area contributed by atoms with Gasteiger partial charge in [-0.25, -0.2) is 9.37 Å². The Labute approximate surface area is 151 Å². The molecular weight excluding hydrogens is 361 g/mol. The molecule has 0 spiro atoms. The number of thiazole rings is 1. The lowest BCUT2D eigenvalue weighted by molar-refractivity contribution is -0.119. The van der Waals surface area contributed by atoms with Crippen LogP contribution in [0.15, 0.2) is 48.5 Å². The van der Waals surface area contributed by atoms with E-state index in [1.807, 2.05) is 24.3 Å². The molecule has 5 nitrogen and oxygen atoms in total. The molecule has 2 N–H and O–H groups in total. The highest BCUT2D eigenvalue weighted by molar-refractivity contribution is 7.99. The molecule has 8 heteroatoms. The second-order valence-corrected chi connectivity index (χ2v) is 7.18. The van der Waals surface area contributed by atoms with Crippen LogP contribution in [0, 0.1) is 5.82 Å². The van der Waals surface area contributed by atoms with Crippen LogP contribution in [0.4, 0.5) is 4.39 Å². The Hall–Kier alpha value is -2.45. The molecule has 1 aromatic heterocycles. The molecule has 0 fully saturated rings. The molecule has 0 aliphatic heterocycles. The summed E-state index contributed by atoms with van der Waals surface area (Å²) in [6.45, 7) is 0. The van der Waals surface area contributed by atoms with Crippen LogP contribution in [0.1, 0.15) is 15.4 Å². The van der Waals surface area contributed by atoms with Gasteiger partial charge < -0.3 is 0 Å². The molecule has 0 aliphatic carbocycles. The number of aromatic nitrogens is 1. The quantitative estimate of drug-likeness (QED) is 0.672. The average molecular weight is 375 g/mol. The van der Waals surface area contributed by atoms with E-state index in [-0.39, 0.29) is 17.2 Å². The molecule has 128 valence electrons. The predicted octanol–water partition coefficient (Wildman–Crippen LogP) is 3.13. The van der Waals surface area contributed by atoms with Gasteiger partial charge in [-0.2, -0.15) is 0 Å². The molecule has 25 heavy (non-hydrogen) atoms. The molecule has 2 aromatic carbocycles. The van der Waals surface area contributed by atoms with Crippen molar-refractivity contribution in [2.45, 2.75) is 5.75 Å². The smallest absolute Gasteiger partial charge is 0.269 e. The van der Waals surface area contributed by atoms with E-state index in [2.05, 4.69) is 15.8 Å². The lowest BCUT2D eigenvalue weighted by Crippen LogP contribution is -2.42. The minimum Gasteiger partial charge on any atom is -0.272 e. The average Bonchev–Trinajstić information content (AvgIpc) is 3.03. The van der Waals surface area contributed by atoms with Crippen molar-refractivity contribution in [1.29, 1.82) is 0 Å². The molecule has 0 saturated heterocycles. The first-order chi connectivity index (χ1) is 12.1. The van der Waals surface area contributed by atoms with E-state index in [1.165, 1.54) is 36.0 Å². The van der Waals surface area contributed by atoms with Crippen LogP contribution < -0.4 is 10.9 Å². The summed E-state index contributed by atoms with van der Waals surface area (Å²) in [6.07, 6.45) is 0. The number of hydrogen-bond acceptors (Lipinski definition) is 5. The van der Waals surface area contributed by atoms with Gasteiger partial charge in [0.25, 0.3) is 5.91 Å². The number of carbonyl (C=O) groups is 2. The number of amides is 2. The molecule has 0 atom stereocenters. The highest BCUT2D eigenvalue weighted by Gasteiger charge is 2.09. The van der Waals surface area contributed by atoms with Gasteiger partial charge in [0.1, 0.15) is 10.8 Å². The maximum Gasteiger partial charge on any atom is 0.269 e. The summed E-state index contributed by atoms with van der Waals surface area (Å²) in [7, 11) is 0. The van der Waals surface area contributed by atoms with Gasteiger partial charge in [-0.15, -0.1) is 23.1 Å². The Kier molecular flexibility index (Phi) is 5.62.